The van der Waals surface area contributed by atoms with Crippen LogP contribution in [0.25, 0.3) is 0 Å². The summed E-state index contributed by atoms with van der Waals surface area (Å²) >= 11 is 3.37. The summed E-state index contributed by atoms with van der Waals surface area (Å²) < 4.78 is 11.1. The van der Waals surface area contributed by atoms with Gasteiger partial charge in [-0.3, -0.25) is 19.5 Å². The molecule has 1 atom stereocenters. The van der Waals surface area contributed by atoms with Crippen molar-refractivity contribution < 1.29 is 28.7 Å². The molecule has 10 nitrogen and oxygen atoms in total. The third-order valence-corrected chi connectivity index (χ3v) is 5.96. The second-order valence-electron chi connectivity index (χ2n) is 9.86. The van der Waals surface area contributed by atoms with Gasteiger partial charge in [-0.2, -0.15) is 0 Å². The number of dihydropyridines is 1. The van der Waals surface area contributed by atoms with Gasteiger partial charge in [-0.1, -0.05) is 33.6 Å². The van der Waals surface area contributed by atoms with Gasteiger partial charge in [0.1, 0.15) is 17.7 Å². The molecule has 216 valence electrons. The summed E-state index contributed by atoms with van der Waals surface area (Å²) in [4.78, 5) is 51.3. The highest BCUT2D eigenvalue weighted by molar-refractivity contribution is 9.10. The number of hydrogen-bond donors (Lipinski definition) is 2. The lowest BCUT2D eigenvalue weighted by atomic mass is 10.0. The van der Waals surface area contributed by atoms with Gasteiger partial charge in [0.15, 0.2) is 0 Å². The van der Waals surface area contributed by atoms with Crippen LogP contribution in [0.5, 0.6) is 0 Å². The normalized spacial score (nSPS) is 13.5. The van der Waals surface area contributed by atoms with Crippen molar-refractivity contribution in [2.45, 2.75) is 65.0 Å². The minimum absolute atomic E-state index is 0.00323. The summed E-state index contributed by atoms with van der Waals surface area (Å²) in [5, 5.41) is 5.56. The van der Waals surface area contributed by atoms with Crippen LogP contribution in [0.4, 0.5) is 4.79 Å². The van der Waals surface area contributed by atoms with Crippen molar-refractivity contribution in [2.24, 2.45) is 4.99 Å². The van der Waals surface area contributed by atoms with Crippen LogP contribution < -0.4 is 10.6 Å². The summed E-state index contributed by atoms with van der Waals surface area (Å²) in [6, 6.07) is 7.88. The number of amides is 2. The number of esters is 1. The van der Waals surface area contributed by atoms with Crippen LogP contribution >= 0.6 is 15.9 Å². The number of benzene rings is 1. The fourth-order valence-electron chi connectivity index (χ4n) is 3.44. The van der Waals surface area contributed by atoms with Crippen molar-refractivity contribution >= 4 is 46.0 Å². The number of aldehydes is 1. The van der Waals surface area contributed by atoms with Gasteiger partial charge < -0.3 is 24.9 Å². The van der Waals surface area contributed by atoms with Gasteiger partial charge >= 0.3 is 12.1 Å². The lowest BCUT2D eigenvalue weighted by Crippen LogP contribution is -2.41. The molecule has 0 aliphatic carbocycles. The number of carbonyl (C=O) groups excluding carboxylic acids is 4. The van der Waals surface area contributed by atoms with E-state index in [-0.39, 0.29) is 30.9 Å². The van der Waals surface area contributed by atoms with Crippen LogP contribution in [-0.2, 0) is 23.9 Å². The molecule has 2 rings (SSSR count). The molecule has 39 heavy (non-hydrogen) atoms. The Morgan fingerprint density at radius 1 is 1.21 bits per heavy atom. The molecule has 0 spiro atoms. The van der Waals surface area contributed by atoms with Gasteiger partial charge in [0, 0.05) is 30.0 Å². The number of amidine groups is 1. The number of rotatable bonds is 10. The first-order valence-electron chi connectivity index (χ1n) is 12.8. The van der Waals surface area contributed by atoms with Crippen molar-refractivity contribution in [3.63, 3.8) is 0 Å². The topological polar surface area (TPSA) is 126 Å². The highest BCUT2D eigenvalue weighted by Gasteiger charge is 2.25. The average Bonchev–Trinajstić information content (AvgIpc) is 2.88. The predicted octanol–water partition coefficient (Wildman–Crippen LogP) is 4.34. The average molecular weight is 610 g/mol. The number of ether oxygens (including phenoxy) is 2. The van der Waals surface area contributed by atoms with E-state index >= 15 is 0 Å². The molecule has 2 N–H and O–H groups in total. The zero-order valence-corrected chi connectivity index (χ0v) is 25.3. The van der Waals surface area contributed by atoms with E-state index in [0.29, 0.717) is 38.1 Å². The number of halogens is 1. The molecule has 2 amide bonds. The van der Waals surface area contributed by atoms with Crippen LogP contribution in [0.1, 0.15) is 65.0 Å². The van der Waals surface area contributed by atoms with E-state index in [2.05, 4.69) is 36.3 Å². The monoisotopic (exact) mass is 608 g/mol. The first kappa shape index (κ1) is 34.0. The Balaban J connectivity index is 0.000000434. The number of methoxy groups -OCH3 is 1. The van der Waals surface area contributed by atoms with E-state index in [9.17, 15) is 19.2 Å². The van der Waals surface area contributed by atoms with Gasteiger partial charge in [0.2, 0.25) is 5.91 Å². The van der Waals surface area contributed by atoms with E-state index in [1.807, 2.05) is 44.3 Å². The van der Waals surface area contributed by atoms with Gasteiger partial charge in [0.05, 0.1) is 20.1 Å². The molecule has 0 saturated heterocycles. The van der Waals surface area contributed by atoms with Crippen LogP contribution in [0.15, 0.2) is 45.4 Å². The SMILES string of the molecule is CC1=CC(N(CCCC(=O)NCC=O)C(=O)OC(C)(C)C)=NCC1.CNC(CC(=O)OC)c1ccc(Br)cc1. The summed E-state index contributed by atoms with van der Waals surface area (Å²) in [7, 11) is 3.23. The Kier molecular flexibility index (Phi) is 15.3. The Labute approximate surface area is 239 Å². The second kappa shape index (κ2) is 17.5. The number of hydrogen-bond acceptors (Lipinski definition) is 8. The standard InChI is InChI=1S/C17H27N3O4.C11H14BrNO2/c1-13-7-8-18-14(12-13)20(16(23)24-17(2,3)4)10-5-6-15(22)19-9-11-21;1-13-10(7-11(14)15-2)8-3-5-9(12)6-4-8/h11-12H,5-10H2,1-4H3,(H,19,22);3-6,10,13H,7H2,1-2H3. The fourth-order valence-corrected chi connectivity index (χ4v) is 3.70. The van der Waals surface area contributed by atoms with Crippen molar-refractivity contribution in [2.75, 3.05) is 33.8 Å². The third-order valence-electron chi connectivity index (χ3n) is 5.43. The van der Waals surface area contributed by atoms with E-state index in [4.69, 9.17) is 4.74 Å². The quantitative estimate of drug-likeness (QED) is 0.299. The van der Waals surface area contributed by atoms with Crippen LogP contribution in [0, 0.1) is 0 Å². The molecule has 1 heterocycles. The minimum Gasteiger partial charge on any atom is -0.469 e. The van der Waals surface area contributed by atoms with Crippen LogP contribution in [-0.4, -0.2) is 74.4 Å². The van der Waals surface area contributed by atoms with E-state index in [1.54, 1.807) is 20.8 Å². The molecule has 0 radical (unpaired) electrons. The minimum atomic E-state index is -0.606. The maximum Gasteiger partial charge on any atom is 0.415 e. The second-order valence-corrected chi connectivity index (χ2v) is 10.8. The first-order chi connectivity index (χ1) is 18.4. The summed E-state index contributed by atoms with van der Waals surface area (Å²) in [6.45, 7) is 8.38. The molecule has 0 fully saturated rings. The molecule has 1 unspecified atom stereocenters. The van der Waals surface area contributed by atoms with Crippen molar-refractivity contribution in [1.29, 1.82) is 0 Å². The van der Waals surface area contributed by atoms with Gasteiger partial charge in [-0.15, -0.1) is 0 Å². The largest absolute Gasteiger partial charge is 0.469 e. The van der Waals surface area contributed by atoms with Gasteiger partial charge in [-0.05, 0) is 71.4 Å². The Hall–Kier alpha value is -3.05. The Bertz CT molecular complexity index is 1020. The zero-order valence-electron chi connectivity index (χ0n) is 23.7. The van der Waals surface area contributed by atoms with Gasteiger partial charge in [0.25, 0.3) is 0 Å². The molecule has 11 heteroatoms. The maximum atomic E-state index is 12.5. The first-order valence-corrected chi connectivity index (χ1v) is 13.6. The summed E-state index contributed by atoms with van der Waals surface area (Å²) in [5.41, 5.74) is 1.62. The summed E-state index contributed by atoms with van der Waals surface area (Å²) in [5.74, 6) is 0.141. The lowest BCUT2D eigenvalue weighted by Gasteiger charge is -2.28. The number of carbonyl (C=O) groups is 4. The lowest BCUT2D eigenvalue weighted by molar-refractivity contribution is -0.141. The highest BCUT2D eigenvalue weighted by Crippen LogP contribution is 2.19. The Morgan fingerprint density at radius 3 is 2.41 bits per heavy atom. The third kappa shape index (κ3) is 14.1. The molecule has 1 aromatic rings. The van der Waals surface area contributed by atoms with Crippen LogP contribution in [0.3, 0.4) is 0 Å². The van der Waals surface area contributed by atoms with Crippen molar-refractivity contribution in [1.82, 2.24) is 15.5 Å². The number of aliphatic imine (C=N–C) groups is 1. The molecular weight excluding hydrogens is 568 g/mol. The Morgan fingerprint density at radius 2 is 1.87 bits per heavy atom. The predicted molar refractivity (Wildman–Crippen MR) is 154 cm³/mol. The molecule has 1 aromatic carbocycles. The molecule has 0 saturated carbocycles. The summed E-state index contributed by atoms with van der Waals surface area (Å²) in [6.07, 6.45) is 3.93. The van der Waals surface area contributed by atoms with Crippen molar-refractivity contribution in [3.05, 3.63) is 46.0 Å². The molecular formula is C28H41BrN4O6. The van der Waals surface area contributed by atoms with E-state index < -0.39 is 11.7 Å². The molecule has 1 aliphatic heterocycles. The van der Waals surface area contributed by atoms with Crippen molar-refractivity contribution in [3.8, 4) is 0 Å². The smallest absolute Gasteiger partial charge is 0.415 e. The molecule has 0 aromatic heterocycles. The number of nitrogens with zero attached hydrogens (tertiary/aromatic N) is 2. The maximum absolute atomic E-state index is 12.5. The molecule has 1 aliphatic rings. The zero-order chi connectivity index (χ0) is 29.4. The molecule has 0 bridgehead atoms. The fraction of sp³-hybridized carbons (Fsp3) is 0.536. The van der Waals surface area contributed by atoms with Crippen LogP contribution in [0.2, 0.25) is 0 Å². The number of nitrogens with one attached hydrogen (secondary N) is 2. The highest BCUT2D eigenvalue weighted by atomic mass is 79.9. The van der Waals surface area contributed by atoms with E-state index in [1.165, 1.54) is 12.0 Å². The van der Waals surface area contributed by atoms with E-state index in [0.717, 1.165) is 22.0 Å². The van der Waals surface area contributed by atoms with Gasteiger partial charge in [-0.25, -0.2) is 4.79 Å².